The van der Waals surface area contributed by atoms with Gasteiger partial charge in [0.25, 0.3) is 0 Å². The van der Waals surface area contributed by atoms with Crippen LogP contribution in [0, 0.1) is 17.8 Å². The fraction of sp³-hybridized carbons (Fsp3) is 0.667. The van der Waals surface area contributed by atoms with Gasteiger partial charge in [-0.2, -0.15) is 0 Å². The normalized spacial score (nSPS) is 15.8. The molecular weight excluding hydrogens is 518 g/mol. The Morgan fingerprint density at radius 3 is 1.85 bits per heavy atom. The van der Waals surface area contributed by atoms with Crippen molar-refractivity contribution in [2.45, 2.75) is 112 Å². The van der Waals surface area contributed by atoms with Gasteiger partial charge >= 0.3 is 24.1 Å². The smallest absolute Gasteiger partial charge is 0.480 e. The van der Waals surface area contributed by atoms with Crippen LogP contribution in [-0.2, 0) is 30.3 Å². The zero-order chi connectivity index (χ0) is 30.6. The maximum absolute atomic E-state index is 12.7. The highest BCUT2D eigenvalue weighted by Crippen LogP contribution is 2.32. The number of carboxylic acid groups (broad SMARTS) is 1. The van der Waals surface area contributed by atoms with Crippen molar-refractivity contribution in [3.63, 3.8) is 0 Å². The van der Waals surface area contributed by atoms with Gasteiger partial charge in [-0.25, -0.2) is 4.79 Å². The molecule has 4 unspecified atom stereocenters. The molecule has 0 spiro atoms. The highest BCUT2D eigenvalue weighted by Gasteiger charge is 2.37. The van der Waals surface area contributed by atoms with E-state index in [1.807, 2.05) is 27.7 Å². The molecule has 10 nitrogen and oxygen atoms in total. The third-order valence-electron chi connectivity index (χ3n) is 6.79. The molecule has 0 heterocycles. The molecule has 0 saturated heterocycles. The minimum absolute atomic E-state index is 0.00536. The molecule has 0 bridgehead atoms. The first-order valence-corrected chi connectivity index (χ1v) is 14.1. The minimum atomic E-state index is -1.83. The van der Waals surface area contributed by atoms with E-state index in [0.29, 0.717) is 18.4 Å². The van der Waals surface area contributed by atoms with E-state index < -0.39 is 35.7 Å². The molecule has 0 saturated carbocycles. The summed E-state index contributed by atoms with van der Waals surface area (Å²) in [5.74, 6) is -2.85. The Bertz CT molecular complexity index is 1010. The highest BCUT2D eigenvalue weighted by molar-refractivity contribution is 5.80. The number of esters is 2. The number of carboxylic acids is 1. The molecule has 1 rings (SSSR count). The summed E-state index contributed by atoms with van der Waals surface area (Å²) in [7, 11) is 0. The van der Waals surface area contributed by atoms with E-state index in [-0.39, 0.29) is 48.2 Å². The lowest BCUT2D eigenvalue weighted by molar-refractivity contribution is -0.145. The van der Waals surface area contributed by atoms with Crippen LogP contribution in [0.4, 0.5) is 4.79 Å². The van der Waals surface area contributed by atoms with Crippen LogP contribution in [0.15, 0.2) is 18.2 Å². The van der Waals surface area contributed by atoms with E-state index in [1.165, 1.54) is 19.1 Å². The number of nitrogens with two attached hydrogens (primary N) is 1. The Morgan fingerprint density at radius 2 is 1.38 bits per heavy atom. The number of hydrogen-bond donors (Lipinski definition) is 2. The number of rotatable bonds is 16. The molecule has 40 heavy (non-hydrogen) atoms. The molecular formula is C30H47NO9. The maximum atomic E-state index is 12.7. The zero-order valence-electron chi connectivity index (χ0n) is 25.2. The quantitative estimate of drug-likeness (QED) is 0.189. The van der Waals surface area contributed by atoms with E-state index in [1.54, 1.807) is 26.8 Å². The van der Waals surface area contributed by atoms with Crippen LogP contribution in [0.1, 0.15) is 93.1 Å². The van der Waals surface area contributed by atoms with Crippen LogP contribution in [0.2, 0.25) is 0 Å². The van der Waals surface area contributed by atoms with E-state index in [0.717, 1.165) is 12.8 Å². The Labute approximate surface area is 237 Å². The number of carbonyl (C=O) groups is 4. The summed E-state index contributed by atoms with van der Waals surface area (Å²) in [5.41, 5.74) is 4.91. The first kappa shape index (κ1) is 34.9. The van der Waals surface area contributed by atoms with Crippen molar-refractivity contribution < 1.29 is 43.2 Å². The SMILES string of the molecule is CCCC(C)C(=O)Oc1ccc(CC(N)(C[C@H](C)OC(=O)OC(C)C(C)C)C(=O)O)cc1OC(=O)C(C)CCC. The van der Waals surface area contributed by atoms with E-state index in [2.05, 4.69) is 0 Å². The monoisotopic (exact) mass is 565 g/mol. The Hall–Kier alpha value is -3.14. The molecule has 0 fully saturated rings. The van der Waals surface area contributed by atoms with Crippen molar-refractivity contribution in [1.29, 1.82) is 0 Å². The largest absolute Gasteiger partial charge is 0.508 e. The van der Waals surface area contributed by atoms with Crippen molar-refractivity contribution >= 4 is 24.1 Å². The molecule has 5 atom stereocenters. The van der Waals surface area contributed by atoms with Gasteiger partial charge in [-0.05, 0) is 50.3 Å². The zero-order valence-corrected chi connectivity index (χ0v) is 25.2. The van der Waals surface area contributed by atoms with Crippen molar-refractivity contribution in [1.82, 2.24) is 0 Å². The van der Waals surface area contributed by atoms with Crippen molar-refractivity contribution in [3.8, 4) is 11.5 Å². The first-order valence-electron chi connectivity index (χ1n) is 14.1. The maximum Gasteiger partial charge on any atom is 0.508 e. The summed E-state index contributed by atoms with van der Waals surface area (Å²) in [6.45, 7) is 14.5. The van der Waals surface area contributed by atoms with Crippen LogP contribution < -0.4 is 15.2 Å². The van der Waals surface area contributed by atoms with Gasteiger partial charge in [-0.15, -0.1) is 0 Å². The van der Waals surface area contributed by atoms with Gasteiger partial charge in [-0.1, -0.05) is 60.5 Å². The molecule has 1 aromatic carbocycles. The first-order chi connectivity index (χ1) is 18.6. The molecule has 10 heteroatoms. The molecule has 0 aromatic heterocycles. The van der Waals surface area contributed by atoms with Gasteiger partial charge in [0.2, 0.25) is 0 Å². The number of benzene rings is 1. The van der Waals surface area contributed by atoms with Crippen LogP contribution in [0.3, 0.4) is 0 Å². The summed E-state index contributed by atoms with van der Waals surface area (Å²) in [6.07, 6.45) is 0.313. The average molecular weight is 566 g/mol. The lowest BCUT2D eigenvalue weighted by Gasteiger charge is -2.28. The molecule has 0 amide bonds. The molecule has 0 radical (unpaired) electrons. The second-order valence-corrected chi connectivity index (χ2v) is 11.1. The third-order valence-corrected chi connectivity index (χ3v) is 6.79. The summed E-state index contributed by atoms with van der Waals surface area (Å²) in [5, 5.41) is 9.98. The number of ether oxygens (including phenoxy) is 4. The topological polar surface area (TPSA) is 151 Å². The molecule has 3 N–H and O–H groups in total. The fourth-order valence-electron chi connectivity index (χ4n) is 3.98. The summed E-state index contributed by atoms with van der Waals surface area (Å²) in [4.78, 5) is 49.6. The molecule has 0 aliphatic heterocycles. The average Bonchev–Trinajstić information content (AvgIpc) is 2.85. The predicted octanol–water partition coefficient (Wildman–Crippen LogP) is 5.67. The van der Waals surface area contributed by atoms with Gasteiger partial charge < -0.3 is 29.8 Å². The van der Waals surface area contributed by atoms with E-state index in [4.69, 9.17) is 24.7 Å². The summed E-state index contributed by atoms with van der Waals surface area (Å²) in [6, 6.07) is 4.48. The van der Waals surface area contributed by atoms with Gasteiger partial charge in [-0.3, -0.25) is 14.4 Å². The highest BCUT2D eigenvalue weighted by atomic mass is 16.7. The second kappa shape index (κ2) is 16.2. The van der Waals surface area contributed by atoms with Crippen molar-refractivity contribution in [3.05, 3.63) is 23.8 Å². The minimum Gasteiger partial charge on any atom is -0.480 e. The summed E-state index contributed by atoms with van der Waals surface area (Å²) < 4.78 is 21.6. The van der Waals surface area contributed by atoms with Crippen LogP contribution in [0.5, 0.6) is 11.5 Å². The van der Waals surface area contributed by atoms with Crippen LogP contribution in [-0.4, -0.2) is 46.9 Å². The molecule has 226 valence electrons. The van der Waals surface area contributed by atoms with E-state index in [9.17, 15) is 24.3 Å². The lowest BCUT2D eigenvalue weighted by atomic mass is 9.86. The van der Waals surface area contributed by atoms with Gasteiger partial charge in [0, 0.05) is 12.8 Å². The van der Waals surface area contributed by atoms with Gasteiger partial charge in [0.15, 0.2) is 11.5 Å². The molecule has 0 aliphatic carbocycles. The van der Waals surface area contributed by atoms with E-state index >= 15 is 0 Å². The predicted molar refractivity (Wildman–Crippen MR) is 150 cm³/mol. The summed E-state index contributed by atoms with van der Waals surface area (Å²) >= 11 is 0. The van der Waals surface area contributed by atoms with Crippen molar-refractivity contribution in [2.75, 3.05) is 0 Å². The number of aliphatic carboxylic acids is 1. The van der Waals surface area contributed by atoms with Crippen molar-refractivity contribution in [2.24, 2.45) is 23.5 Å². The molecule has 1 aromatic rings. The van der Waals surface area contributed by atoms with Gasteiger partial charge in [0.1, 0.15) is 17.7 Å². The fourth-order valence-corrected chi connectivity index (χ4v) is 3.98. The third kappa shape index (κ3) is 11.2. The lowest BCUT2D eigenvalue weighted by Crippen LogP contribution is -2.52. The second-order valence-electron chi connectivity index (χ2n) is 11.1. The van der Waals surface area contributed by atoms with Gasteiger partial charge in [0.05, 0.1) is 11.8 Å². The standard InChI is InChI=1S/C30H47NO9/c1-9-11-19(5)26(32)39-24-14-13-23(15-25(24)40-27(33)20(6)12-10-2)17-30(31,28(34)35)16-21(7)37-29(36)38-22(8)18(3)4/h13-15,18-22H,9-12,16-17,31H2,1-8H3,(H,34,35)/t19?,20?,21-,22?,30?/m0/s1. The van der Waals surface area contributed by atoms with Crippen LogP contribution in [0.25, 0.3) is 0 Å². The molecule has 0 aliphatic rings. The number of carbonyl (C=O) groups excluding carboxylic acids is 3. The Balaban J connectivity index is 3.21. The Morgan fingerprint density at radius 1 is 0.850 bits per heavy atom. The Kier molecular flexibility index (Phi) is 14.1. The number of hydrogen-bond acceptors (Lipinski definition) is 9. The van der Waals surface area contributed by atoms with Crippen LogP contribution >= 0.6 is 0 Å².